The predicted octanol–water partition coefficient (Wildman–Crippen LogP) is 3.21. The van der Waals surface area contributed by atoms with Crippen molar-refractivity contribution in [2.45, 2.75) is 57.5 Å². The van der Waals surface area contributed by atoms with Crippen molar-refractivity contribution in [3.05, 3.63) is 77.9 Å². The molecule has 3 heterocycles. The summed E-state index contributed by atoms with van der Waals surface area (Å²) in [5.41, 5.74) is -0.288. The SMILES string of the molecule is COc1ccc(CNC(=O)[C@@H]2[C@@H]3C(=O)N(CCC(C)C)[C@H](C(=O)NCc4ccccc4)[C@]34C=C[C@@]2(C)O4)cc1. The lowest BCUT2D eigenvalue weighted by atomic mass is 9.70. The molecule has 2 saturated heterocycles. The zero-order valence-electron chi connectivity index (χ0n) is 23.0. The highest BCUT2D eigenvalue weighted by molar-refractivity contribution is 6.00. The normalized spacial score (nSPS) is 28.6. The number of ether oxygens (including phenoxy) is 2. The van der Waals surface area contributed by atoms with E-state index in [4.69, 9.17) is 9.47 Å². The highest BCUT2D eigenvalue weighted by Gasteiger charge is 2.76. The van der Waals surface area contributed by atoms with Crippen LogP contribution in [0.15, 0.2) is 66.7 Å². The molecule has 5 atom stereocenters. The summed E-state index contributed by atoms with van der Waals surface area (Å²) in [4.78, 5) is 43.1. The van der Waals surface area contributed by atoms with Gasteiger partial charge in [0.2, 0.25) is 17.7 Å². The van der Waals surface area contributed by atoms with E-state index in [9.17, 15) is 14.4 Å². The summed E-state index contributed by atoms with van der Waals surface area (Å²) in [6.07, 6.45) is 4.45. The number of hydrogen-bond donors (Lipinski definition) is 2. The Labute approximate surface area is 229 Å². The largest absolute Gasteiger partial charge is 0.497 e. The van der Waals surface area contributed by atoms with Crippen LogP contribution < -0.4 is 15.4 Å². The second kappa shape index (κ2) is 10.5. The standard InChI is InChI=1S/C31H37N3O5/c1-20(2)14-17-34-26(28(36)33-18-21-8-6-5-7-9-21)31-16-15-30(3,39-31)24(25(31)29(34)37)27(35)32-19-22-10-12-23(38-4)13-11-22/h5-13,15-16,20,24-26H,14,17-19H2,1-4H3,(H,32,35)(H,33,36)/t24-,25+,26+,30+,31-/m0/s1. The Morgan fingerprint density at radius 3 is 2.26 bits per heavy atom. The minimum atomic E-state index is -1.19. The van der Waals surface area contributed by atoms with Crippen molar-refractivity contribution in [1.29, 1.82) is 0 Å². The zero-order chi connectivity index (χ0) is 27.8. The van der Waals surface area contributed by atoms with Gasteiger partial charge in [-0.05, 0) is 42.5 Å². The minimum absolute atomic E-state index is 0.201. The fourth-order valence-electron chi connectivity index (χ4n) is 6.19. The Balaban J connectivity index is 1.39. The molecule has 8 heteroatoms. The van der Waals surface area contributed by atoms with Gasteiger partial charge in [0, 0.05) is 19.6 Å². The number of fused-ring (bicyclic) bond motifs is 1. The first kappa shape index (κ1) is 26.9. The highest BCUT2D eigenvalue weighted by Crippen LogP contribution is 2.59. The van der Waals surface area contributed by atoms with Crippen molar-refractivity contribution in [3.63, 3.8) is 0 Å². The number of hydrogen-bond acceptors (Lipinski definition) is 5. The van der Waals surface area contributed by atoms with E-state index < -0.39 is 29.1 Å². The number of nitrogens with one attached hydrogen (secondary N) is 2. The smallest absolute Gasteiger partial charge is 0.246 e. The van der Waals surface area contributed by atoms with Gasteiger partial charge in [-0.25, -0.2) is 0 Å². The van der Waals surface area contributed by atoms with Crippen LogP contribution in [0.2, 0.25) is 0 Å². The monoisotopic (exact) mass is 531 g/mol. The number of carbonyl (C=O) groups is 3. The van der Waals surface area contributed by atoms with Gasteiger partial charge in [-0.3, -0.25) is 14.4 Å². The Bertz CT molecular complexity index is 1260. The van der Waals surface area contributed by atoms with Crippen molar-refractivity contribution in [2.75, 3.05) is 13.7 Å². The van der Waals surface area contributed by atoms with E-state index in [1.807, 2.05) is 73.7 Å². The summed E-state index contributed by atoms with van der Waals surface area (Å²) in [6.45, 7) is 7.08. The summed E-state index contributed by atoms with van der Waals surface area (Å²) in [6, 6.07) is 16.3. The molecule has 0 radical (unpaired) electrons. The molecule has 2 aromatic rings. The van der Waals surface area contributed by atoms with Crippen LogP contribution in [0.3, 0.4) is 0 Å². The second-order valence-corrected chi connectivity index (χ2v) is 11.3. The predicted molar refractivity (Wildman–Crippen MR) is 146 cm³/mol. The minimum Gasteiger partial charge on any atom is -0.497 e. The summed E-state index contributed by atoms with van der Waals surface area (Å²) in [5.74, 6) is -1.17. The fourth-order valence-corrected chi connectivity index (χ4v) is 6.19. The Morgan fingerprint density at radius 1 is 0.974 bits per heavy atom. The average Bonchev–Trinajstić information content (AvgIpc) is 3.50. The van der Waals surface area contributed by atoms with Gasteiger partial charge in [0.25, 0.3) is 0 Å². The van der Waals surface area contributed by atoms with E-state index in [1.165, 1.54) is 0 Å². The van der Waals surface area contributed by atoms with E-state index in [0.29, 0.717) is 25.6 Å². The van der Waals surface area contributed by atoms with Gasteiger partial charge in [-0.2, -0.15) is 0 Å². The summed E-state index contributed by atoms with van der Waals surface area (Å²) in [5, 5.41) is 6.03. The van der Waals surface area contributed by atoms with Crippen molar-refractivity contribution < 1.29 is 23.9 Å². The molecule has 3 aliphatic heterocycles. The van der Waals surface area contributed by atoms with Gasteiger partial charge in [0.05, 0.1) is 24.5 Å². The van der Waals surface area contributed by atoms with E-state index in [-0.39, 0.29) is 17.7 Å². The average molecular weight is 532 g/mol. The second-order valence-electron chi connectivity index (χ2n) is 11.3. The maximum absolute atomic E-state index is 14.0. The van der Waals surface area contributed by atoms with Crippen LogP contribution in [-0.2, 0) is 32.2 Å². The van der Waals surface area contributed by atoms with Crippen LogP contribution >= 0.6 is 0 Å². The zero-order valence-corrected chi connectivity index (χ0v) is 23.0. The van der Waals surface area contributed by atoms with E-state index in [1.54, 1.807) is 12.0 Å². The van der Waals surface area contributed by atoms with Crippen LogP contribution in [0, 0.1) is 17.8 Å². The molecule has 206 valence electrons. The molecule has 2 bridgehead atoms. The van der Waals surface area contributed by atoms with Crippen LogP contribution in [0.5, 0.6) is 5.75 Å². The third-order valence-corrected chi connectivity index (χ3v) is 8.21. The van der Waals surface area contributed by atoms with Gasteiger partial charge in [0.15, 0.2) is 0 Å². The summed E-state index contributed by atoms with van der Waals surface area (Å²) >= 11 is 0. The van der Waals surface area contributed by atoms with Gasteiger partial charge in [0.1, 0.15) is 17.4 Å². The third-order valence-electron chi connectivity index (χ3n) is 8.21. The molecule has 1 spiro atoms. The lowest BCUT2D eigenvalue weighted by Gasteiger charge is -2.33. The fraction of sp³-hybridized carbons (Fsp3) is 0.452. The molecule has 0 aromatic heterocycles. The molecular formula is C31H37N3O5. The molecule has 2 aromatic carbocycles. The van der Waals surface area contributed by atoms with Gasteiger partial charge >= 0.3 is 0 Å². The highest BCUT2D eigenvalue weighted by atomic mass is 16.5. The molecule has 2 fully saturated rings. The molecular weight excluding hydrogens is 494 g/mol. The third kappa shape index (κ3) is 4.82. The topological polar surface area (TPSA) is 97.0 Å². The lowest BCUT2D eigenvalue weighted by molar-refractivity contribution is -0.145. The number of carbonyl (C=O) groups excluding carboxylic acids is 3. The Kier molecular flexibility index (Phi) is 7.25. The van der Waals surface area contributed by atoms with E-state index in [0.717, 1.165) is 23.3 Å². The number of nitrogens with zero attached hydrogens (tertiary/aromatic N) is 1. The maximum atomic E-state index is 14.0. The Morgan fingerprint density at radius 2 is 1.62 bits per heavy atom. The molecule has 39 heavy (non-hydrogen) atoms. The lowest BCUT2D eigenvalue weighted by Crippen LogP contribution is -2.54. The number of rotatable bonds is 10. The number of likely N-dealkylation sites (tertiary alicyclic amines) is 1. The first-order valence-corrected chi connectivity index (χ1v) is 13.6. The molecule has 3 aliphatic rings. The van der Waals surface area contributed by atoms with Gasteiger partial charge in [-0.1, -0.05) is 68.5 Å². The van der Waals surface area contributed by atoms with E-state index in [2.05, 4.69) is 24.5 Å². The van der Waals surface area contributed by atoms with Crippen LogP contribution in [0.1, 0.15) is 38.3 Å². The van der Waals surface area contributed by atoms with Crippen LogP contribution in [0.25, 0.3) is 0 Å². The van der Waals surface area contributed by atoms with Gasteiger partial charge in [-0.15, -0.1) is 0 Å². The molecule has 2 N–H and O–H groups in total. The van der Waals surface area contributed by atoms with E-state index >= 15 is 0 Å². The molecule has 3 amide bonds. The molecule has 5 rings (SSSR count). The maximum Gasteiger partial charge on any atom is 0.246 e. The van der Waals surface area contributed by atoms with Crippen molar-refractivity contribution in [1.82, 2.24) is 15.5 Å². The first-order chi connectivity index (χ1) is 18.7. The van der Waals surface area contributed by atoms with Crippen molar-refractivity contribution in [3.8, 4) is 5.75 Å². The summed E-state index contributed by atoms with van der Waals surface area (Å²) in [7, 11) is 1.61. The molecule has 0 saturated carbocycles. The van der Waals surface area contributed by atoms with Crippen LogP contribution in [0.4, 0.5) is 0 Å². The number of amides is 3. The molecule has 0 aliphatic carbocycles. The van der Waals surface area contributed by atoms with Crippen LogP contribution in [-0.4, -0.2) is 53.5 Å². The first-order valence-electron chi connectivity index (χ1n) is 13.6. The number of methoxy groups -OCH3 is 1. The molecule has 8 nitrogen and oxygen atoms in total. The summed E-state index contributed by atoms with van der Waals surface area (Å²) < 4.78 is 11.8. The van der Waals surface area contributed by atoms with Crippen molar-refractivity contribution >= 4 is 17.7 Å². The van der Waals surface area contributed by atoms with Crippen molar-refractivity contribution in [2.24, 2.45) is 17.8 Å². The Hall–Kier alpha value is -3.65. The van der Waals surface area contributed by atoms with Gasteiger partial charge < -0.3 is 25.0 Å². The number of benzene rings is 2. The quantitative estimate of drug-likeness (QED) is 0.459. The molecule has 0 unspecified atom stereocenters.